The minimum atomic E-state index is 0.597. The van der Waals surface area contributed by atoms with Crippen LogP contribution in [0.2, 0.25) is 0 Å². The quantitative estimate of drug-likeness (QED) is 0.328. The molecule has 0 amide bonds. The lowest BCUT2D eigenvalue weighted by atomic mass is 9.76. The zero-order valence-electron chi connectivity index (χ0n) is 7.53. The van der Waals surface area contributed by atoms with Crippen LogP contribution in [0.4, 0.5) is 0 Å². The zero-order valence-corrected chi connectivity index (χ0v) is 11.8. The maximum atomic E-state index is 2.83. The van der Waals surface area contributed by atoms with Crippen molar-refractivity contribution in [2.24, 2.45) is 35.5 Å². The molecule has 0 heterocycles. The molecule has 6 aliphatic rings. The molecule has 4 saturated carbocycles. The van der Waals surface area contributed by atoms with Gasteiger partial charge in [-0.25, -0.2) is 0 Å². The maximum Gasteiger partial charge on any atom is 0.0510 e. The first-order valence-corrected chi connectivity index (χ1v) is 7.61. The molecule has 0 aromatic carbocycles. The van der Waals surface area contributed by atoms with Crippen molar-refractivity contribution in [2.45, 2.75) is 6.84 Å². The van der Waals surface area contributed by atoms with Crippen molar-refractivity contribution in [3.8, 4) is 0 Å². The monoisotopic (exact) mass is 408 g/mol. The van der Waals surface area contributed by atoms with Crippen molar-refractivity contribution in [3.05, 3.63) is 24.3 Å². The van der Waals surface area contributed by atoms with E-state index >= 15 is 0 Å². The second-order valence-electron chi connectivity index (χ2n) is 5.56. The van der Waals surface area contributed by atoms with Crippen LogP contribution in [0, 0.1) is 35.5 Å². The number of allylic oxidation sites excluding steroid dienone is 4. The lowest BCUT2D eigenvalue weighted by Gasteiger charge is -2.45. The smallest absolute Gasteiger partial charge is 0.0510 e. The Morgan fingerprint density at radius 1 is 0.643 bits per heavy atom. The van der Waals surface area contributed by atoms with Crippen molar-refractivity contribution in [3.63, 3.8) is 0 Å². The second-order valence-corrected chi connectivity index (χ2v) is 9.13. The van der Waals surface area contributed by atoms with E-state index in [9.17, 15) is 0 Å². The van der Waals surface area contributed by atoms with Gasteiger partial charge < -0.3 is 0 Å². The summed E-state index contributed by atoms with van der Waals surface area (Å²) in [6, 6.07) is 0. The van der Waals surface area contributed by atoms with Gasteiger partial charge in [0.25, 0.3) is 0 Å². The molecule has 14 heavy (non-hydrogen) atoms. The molecule has 0 saturated heterocycles. The number of hydrogen-bond donors (Lipinski definition) is 0. The summed E-state index contributed by atoms with van der Waals surface area (Å²) < 4.78 is 1.19. The van der Waals surface area contributed by atoms with E-state index in [-0.39, 0.29) is 0 Å². The molecular weight excluding hydrogens is 398 g/mol. The Balaban J connectivity index is 1.95. The topological polar surface area (TPSA) is 0 Å². The molecule has 6 rings (SSSR count). The first kappa shape index (κ1) is 8.09. The molecule has 0 N–H and O–H groups in total. The number of alkyl halides is 2. The van der Waals surface area contributed by atoms with Gasteiger partial charge in [-0.05, 0) is 35.5 Å². The maximum absolute atomic E-state index is 2.83. The van der Waals surface area contributed by atoms with Crippen LogP contribution >= 0.6 is 45.2 Å². The van der Waals surface area contributed by atoms with Gasteiger partial charge in [-0.1, -0.05) is 69.5 Å². The molecule has 0 aromatic heterocycles. The molecule has 72 valence electrons. The molecule has 0 spiro atoms. The summed E-state index contributed by atoms with van der Waals surface area (Å²) in [4.78, 5) is 0. The van der Waals surface area contributed by atoms with E-state index in [0.717, 1.165) is 35.5 Å². The van der Waals surface area contributed by atoms with Crippen LogP contribution < -0.4 is 0 Å². The molecule has 0 aliphatic heterocycles. The molecule has 8 atom stereocenters. The Hall–Kier alpha value is 0.940. The van der Waals surface area contributed by atoms with E-state index in [1.54, 1.807) is 0 Å². The fraction of sp³-hybridized carbons (Fsp3) is 0.667. The summed E-state index contributed by atoms with van der Waals surface area (Å²) in [5.74, 6) is 5.72. The van der Waals surface area contributed by atoms with E-state index in [0.29, 0.717) is 6.84 Å². The second kappa shape index (κ2) is 1.91. The first-order valence-electron chi connectivity index (χ1n) is 5.45. The molecule has 0 radical (unpaired) electrons. The van der Waals surface area contributed by atoms with Crippen LogP contribution in [0.5, 0.6) is 0 Å². The third kappa shape index (κ3) is 0.451. The van der Waals surface area contributed by atoms with Gasteiger partial charge in [0.05, 0.1) is 6.84 Å². The van der Waals surface area contributed by atoms with Crippen molar-refractivity contribution < 1.29 is 0 Å². The van der Waals surface area contributed by atoms with Gasteiger partial charge in [-0.3, -0.25) is 0 Å². The molecule has 2 heteroatoms. The predicted octanol–water partition coefficient (Wildman–Crippen LogP) is 3.21. The van der Waals surface area contributed by atoms with Gasteiger partial charge in [0.15, 0.2) is 0 Å². The Bertz CT molecular complexity index is 354. The lowest BCUT2D eigenvalue weighted by Crippen LogP contribution is -2.50. The van der Waals surface area contributed by atoms with Crippen molar-refractivity contribution in [1.29, 1.82) is 0 Å². The van der Waals surface area contributed by atoms with Crippen LogP contribution in [0.25, 0.3) is 0 Å². The fourth-order valence-electron chi connectivity index (χ4n) is 5.54. The molecule has 4 unspecified atom stereocenters. The van der Waals surface area contributed by atoms with E-state index in [1.165, 1.54) is 0 Å². The van der Waals surface area contributed by atoms with Gasteiger partial charge in [0.1, 0.15) is 0 Å². The van der Waals surface area contributed by atoms with Gasteiger partial charge in [0, 0.05) is 0 Å². The minimum absolute atomic E-state index is 0.597. The van der Waals surface area contributed by atoms with Crippen LogP contribution in [0.15, 0.2) is 24.3 Å². The van der Waals surface area contributed by atoms with Crippen LogP contribution in [0.3, 0.4) is 0 Å². The lowest BCUT2D eigenvalue weighted by molar-refractivity contribution is 0.343. The minimum Gasteiger partial charge on any atom is -0.0834 e. The summed E-state index contributed by atoms with van der Waals surface area (Å²) in [5.41, 5.74) is 0. The Morgan fingerprint density at radius 2 is 0.929 bits per heavy atom. The zero-order chi connectivity index (χ0) is 9.29. The third-order valence-electron chi connectivity index (χ3n) is 5.68. The normalized spacial score (nSPS) is 78.7. The SMILES string of the molecule is IC12[C@@H]3C=C[C@H]4C3C3[C@@H](C=C[C@@H]31)C42I. The molecule has 6 aliphatic carbocycles. The highest BCUT2D eigenvalue weighted by Gasteiger charge is 2.87. The molecule has 8 bridgehead atoms. The average Bonchev–Trinajstić information content (AvgIpc) is 2.82. The fourth-order valence-corrected chi connectivity index (χ4v) is 9.47. The highest BCUT2D eigenvalue weighted by atomic mass is 127. The van der Waals surface area contributed by atoms with E-state index in [1.807, 2.05) is 0 Å². The molecule has 0 nitrogen and oxygen atoms in total. The highest BCUT2D eigenvalue weighted by Crippen LogP contribution is 2.87. The number of hydrogen-bond acceptors (Lipinski definition) is 0. The number of halogens is 2. The molecule has 4 fully saturated rings. The van der Waals surface area contributed by atoms with Gasteiger partial charge in [0.2, 0.25) is 0 Å². The molecule has 0 aromatic rings. The van der Waals surface area contributed by atoms with Crippen LogP contribution in [-0.2, 0) is 0 Å². The van der Waals surface area contributed by atoms with Crippen molar-refractivity contribution in [2.75, 3.05) is 0 Å². The summed E-state index contributed by atoms with van der Waals surface area (Å²) in [5, 5.41) is 0. The van der Waals surface area contributed by atoms with Crippen LogP contribution in [-0.4, -0.2) is 6.84 Å². The van der Waals surface area contributed by atoms with Crippen molar-refractivity contribution in [1.82, 2.24) is 0 Å². The van der Waals surface area contributed by atoms with Crippen LogP contribution in [0.1, 0.15) is 0 Å². The highest BCUT2D eigenvalue weighted by molar-refractivity contribution is 14.1. The van der Waals surface area contributed by atoms with Crippen molar-refractivity contribution >= 4 is 45.2 Å². The van der Waals surface area contributed by atoms with E-state index in [4.69, 9.17) is 0 Å². The summed E-state index contributed by atoms with van der Waals surface area (Å²) in [7, 11) is 0. The molecular formula is C12H10I2. The Kier molecular flexibility index (Phi) is 1.11. The summed E-state index contributed by atoms with van der Waals surface area (Å²) >= 11 is 5.66. The Morgan fingerprint density at radius 3 is 1.21 bits per heavy atom. The Labute approximate surface area is 111 Å². The first-order chi connectivity index (χ1) is 6.70. The van der Waals surface area contributed by atoms with Gasteiger partial charge in [-0.2, -0.15) is 0 Å². The average molecular weight is 408 g/mol. The van der Waals surface area contributed by atoms with Gasteiger partial charge >= 0.3 is 0 Å². The third-order valence-corrected chi connectivity index (χ3v) is 11.4. The standard InChI is InChI=1S/C12H10I2/c13-11-5-1-2-6-9(5)10-7(11)3-4-8(10)12(6,11)14/h1-10H/t5-,6+,7+,8-,9?,10?,11?,12?. The van der Waals surface area contributed by atoms with E-state index in [2.05, 4.69) is 69.5 Å². The summed E-state index contributed by atoms with van der Waals surface area (Å²) in [6.07, 6.45) is 10.2. The van der Waals surface area contributed by atoms with Gasteiger partial charge in [-0.15, -0.1) is 0 Å². The largest absolute Gasteiger partial charge is 0.0834 e. The van der Waals surface area contributed by atoms with E-state index < -0.39 is 0 Å². The predicted molar refractivity (Wildman–Crippen MR) is 72.7 cm³/mol. The number of rotatable bonds is 0. The summed E-state index contributed by atoms with van der Waals surface area (Å²) in [6.45, 7) is 0.